The molecular weight excluding hydrogens is 203 g/mol. The van der Waals surface area contributed by atoms with Crippen molar-refractivity contribution in [3.63, 3.8) is 0 Å². The number of halogens is 1. The molecule has 0 aliphatic carbocycles. The Hall–Kier alpha value is -0.930. The average Bonchev–Trinajstić information content (AvgIpc) is 2.76. The van der Waals surface area contributed by atoms with Gasteiger partial charge in [0.2, 0.25) is 0 Å². The maximum Gasteiger partial charge on any atom is 0.123 e. The van der Waals surface area contributed by atoms with Crippen LogP contribution in [0.1, 0.15) is 12.0 Å². The van der Waals surface area contributed by atoms with Gasteiger partial charge in [-0.1, -0.05) is 12.1 Å². The first-order valence-corrected chi connectivity index (χ1v) is 5.92. The smallest absolute Gasteiger partial charge is 0.123 e. The van der Waals surface area contributed by atoms with Crippen LogP contribution in [0.5, 0.6) is 0 Å². The van der Waals surface area contributed by atoms with E-state index in [-0.39, 0.29) is 5.82 Å². The zero-order valence-electron chi connectivity index (χ0n) is 9.75. The standard InChI is InChI=1S/C13H19FN2/c1-15-13-7-9-16(10-13)8-6-11-2-4-12(14)5-3-11/h2-5,13,15H,6-10H2,1H3/t13-/m0/s1. The summed E-state index contributed by atoms with van der Waals surface area (Å²) in [6, 6.07) is 7.47. The molecule has 0 unspecified atom stereocenters. The zero-order valence-corrected chi connectivity index (χ0v) is 9.75. The molecule has 2 rings (SSSR count). The minimum absolute atomic E-state index is 0.153. The van der Waals surface area contributed by atoms with Crippen molar-refractivity contribution in [1.29, 1.82) is 0 Å². The van der Waals surface area contributed by atoms with E-state index in [0.29, 0.717) is 6.04 Å². The second-order valence-corrected chi connectivity index (χ2v) is 4.45. The van der Waals surface area contributed by atoms with Crippen LogP contribution >= 0.6 is 0 Å². The van der Waals surface area contributed by atoms with Gasteiger partial charge in [-0.15, -0.1) is 0 Å². The van der Waals surface area contributed by atoms with Crippen LogP contribution in [0.15, 0.2) is 24.3 Å². The van der Waals surface area contributed by atoms with Gasteiger partial charge in [0, 0.05) is 19.1 Å². The molecule has 1 saturated heterocycles. The number of nitrogens with zero attached hydrogens (tertiary/aromatic N) is 1. The van der Waals surface area contributed by atoms with Gasteiger partial charge >= 0.3 is 0 Å². The second-order valence-electron chi connectivity index (χ2n) is 4.45. The Balaban J connectivity index is 1.77. The summed E-state index contributed by atoms with van der Waals surface area (Å²) in [6.45, 7) is 3.38. The first-order chi connectivity index (χ1) is 7.78. The Labute approximate surface area is 96.5 Å². The molecule has 0 spiro atoms. The highest BCUT2D eigenvalue weighted by Gasteiger charge is 2.19. The summed E-state index contributed by atoms with van der Waals surface area (Å²) >= 11 is 0. The quantitative estimate of drug-likeness (QED) is 0.833. The molecule has 1 aliphatic heterocycles. The van der Waals surface area contributed by atoms with Gasteiger partial charge in [0.05, 0.1) is 0 Å². The fraction of sp³-hybridized carbons (Fsp3) is 0.538. The highest BCUT2D eigenvalue weighted by Crippen LogP contribution is 2.10. The van der Waals surface area contributed by atoms with Crippen LogP contribution in [-0.4, -0.2) is 37.6 Å². The van der Waals surface area contributed by atoms with Crippen LogP contribution in [-0.2, 0) is 6.42 Å². The molecule has 3 heteroatoms. The van der Waals surface area contributed by atoms with Crippen LogP contribution in [0.4, 0.5) is 4.39 Å². The van der Waals surface area contributed by atoms with Crippen molar-refractivity contribution in [2.24, 2.45) is 0 Å². The molecular formula is C13H19FN2. The number of benzene rings is 1. The van der Waals surface area contributed by atoms with Crippen LogP contribution in [0.3, 0.4) is 0 Å². The monoisotopic (exact) mass is 222 g/mol. The van der Waals surface area contributed by atoms with E-state index < -0.39 is 0 Å². The maximum atomic E-state index is 12.7. The van der Waals surface area contributed by atoms with Crippen molar-refractivity contribution in [3.8, 4) is 0 Å². The third-order valence-corrected chi connectivity index (χ3v) is 3.31. The molecule has 1 aromatic rings. The van der Waals surface area contributed by atoms with Crippen molar-refractivity contribution in [2.45, 2.75) is 18.9 Å². The lowest BCUT2D eigenvalue weighted by Gasteiger charge is -2.15. The second kappa shape index (κ2) is 5.41. The van der Waals surface area contributed by atoms with Gasteiger partial charge in [-0.2, -0.15) is 0 Å². The molecule has 2 nitrogen and oxygen atoms in total. The van der Waals surface area contributed by atoms with Crippen LogP contribution in [0, 0.1) is 5.82 Å². The molecule has 16 heavy (non-hydrogen) atoms. The maximum absolute atomic E-state index is 12.7. The van der Waals surface area contributed by atoms with Gasteiger partial charge in [-0.05, 0) is 44.1 Å². The highest BCUT2D eigenvalue weighted by molar-refractivity contribution is 5.16. The van der Waals surface area contributed by atoms with Gasteiger partial charge in [-0.25, -0.2) is 4.39 Å². The van der Waals surface area contributed by atoms with E-state index in [9.17, 15) is 4.39 Å². The number of hydrogen-bond acceptors (Lipinski definition) is 2. The molecule has 0 aromatic heterocycles. The molecule has 88 valence electrons. The number of rotatable bonds is 4. The minimum Gasteiger partial charge on any atom is -0.316 e. The molecule has 1 aliphatic rings. The molecule has 1 heterocycles. The lowest BCUT2D eigenvalue weighted by atomic mass is 10.1. The number of hydrogen-bond donors (Lipinski definition) is 1. The van der Waals surface area contributed by atoms with E-state index >= 15 is 0 Å². The topological polar surface area (TPSA) is 15.3 Å². The van der Waals surface area contributed by atoms with E-state index in [4.69, 9.17) is 0 Å². The van der Waals surface area contributed by atoms with Crippen molar-refractivity contribution in [1.82, 2.24) is 10.2 Å². The highest BCUT2D eigenvalue weighted by atomic mass is 19.1. The first kappa shape index (κ1) is 11.6. The Morgan fingerprint density at radius 3 is 2.75 bits per heavy atom. The summed E-state index contributed by atoms with van der Waals surface area (Å²) in [7, 11) is 2.02. The Kier molecular flexibility index (Phi) is 3.91. The van der Waals surface area contributed by atoms with Gasteiger partial charge in [0.15, 0.2) is 0 Å². The van der Waals surface area contributed by atoms with Crippen LogP contribution in [0.25, 0.3) is 0 Å². The Morgan fingerprint density at radius 1 is 1.38 bits per heavy atom. The third-order valence-electron chi connectivity index (χ3n) is 3.31. The minimum atomic E-state index is -0.153. The van der Waals surface area contributed by atoms with Gasteiger partial charge in [-0.3, -0.25) is 0 Å². The third kappa shape index (κ3) is 3.03. The number of likely N-dealkylation sites (tertiary alicyclic amines) is 1. The molecule has 1 aromatic carbocycles. The van der Waals surface area contributed by atoms with E-state index in [1.54, 1.807) is 0 Å². The molecule has 0 saturated carbocycles. The van der Waals surface area contributed by atoms with Crippen LogP contribution in [0.2, 0.25) is 0 Å². The predicted octanol–water partition coefficient (Wildman–Crippen LogP) is 1.66. The summed E-state index contributed by atoms with van der Waals surface area (Å²) < 4.78 is 12.7. The lowest BCUT2D eigenvalue weighted by Crippen LogP contribution is -2.30. The molecule has 0 amide bonds. The molecule has 0 bridgehead atoms. The zero-order chi connectivity index (χ0) is 11.4. The van der Waals surface area contributed by atoms with E-state index in [0.717, 1.165) is 19.5 Å². The number of nitrogens with one attached hydrogen (secondary N) is 1. The molecule has 0 radical (unpaired) electrons. The lowest BCUT2D eigenvalue weighted by molar-refractivity contribution is 0.334. The van der Waals surface area contributed by atoms with Gasteiger partial charge in [0.25, 0.3) is 0 Å². The fourth-order valence-corrected chi connectivity index (χ4v) is 2.21. The molecule has 1 fully saturated rings. The van der Waals surface area contributed by atoms with Crippen molar-refractivity contribution < 1.29 is 4.39 Å². The van der Waals surface area contributed by atoms with E-state index in [2.05, 4.69) is 10.2 Å². The van der Waals surface area contributed by atoms with Gasteiger partial charge < -0.3 is 10.2 Å². The van der Waals surface area contributed by atoms with E-state index in [1.165, 1.54) is 30.7 Å². The molecule has 1 atom stereocenters. The van der Waals surface area contributed by atoms with Crippen molar-refractivity contribution >= 4 is 0 Å². The summed E-state index contributed by atoms with van der Waals surface area (Å²) in [5.41, 5.74) is 1.22. The Morgan fingerprint density at radius 2 is 2.12 bits per heavy atom. The number of likely N-dealkylation sites (N-methyl/N-ethyl adjacent to an activating group) is 1. The van der Waals surface area contributed by atoms with Crippen LogP contribution < -0.4 is 5.32 Å². The fourth-order valence-electron chi connectivity index (χ4n) is 2.21. The average molecular weight is 222 g/mol. The van der Waals surface area contributed by atoms with Crippen molar-refractivity contribution in [2.75, 3.05) is 26.7 Å². The van der Waals surface area contributed by atoms with Gasteiger partial charge in [0.1, 0.15) is 5.82 Å². The SMILES string of the molecule is CN[C@H]1CCN(CCc2ccc(F)cc2)C1. The normalized spacial score (nSPS) is 21.5. The van der Waals surface area contributed by atoms with E-state index in [1.807, 2.05) is 19.2 Å². The molecule has 1 N–H and O–H groups in total. The first-order valence-electron chi connectivity index (χ1n) is 5.92. The summed E-state index contributed by atoms with van der Waals surface area (Å²) in [5, 5.41) is 3.31. The summed E-state index contributed by atoms with van der Waals surface area (Å²) in [6.07, 6.45) is 2.25. The predicted molar refractivity (Wildman–Crippen MR) is 64.0 cm³/mol. The summed E-state index contributed by atoms with van der Waals surface area (Å²) in [5.74, 6) is -0.153. The largest absolute Gasteiger partial charge is 0.316 e. The Bertz CT molecular complexity index is 323. The summed E-state index contributed by atoms with van der Waals surface area (Å²) in [4.78, 5) is 2.46. The van der Waals surface area contributed by atoms with Crippen molar-refractivity contribution in [3.05, 3.63) is 35.6 Å².